The highest BCUT2D eigenvalue weighted by atomic mass is 16.6. The van der Waals surface area contributed by atoms with Crippen molar-refractivity contribution < 1.29 is 28.6 Å². The van der Waals surface area contributed by atoms with Gasteiger partial charge in [0.2, 0.25) is 0 Å². The van der Waals surface area contributed by atoms with Gasteiger partial charge in [-0.25, -0.2) is 0 Å². The van der Waals surface area contributed by atoms with Gasteiger partial charge in [0.05, 0.1) is 0 Å². The van der Waals surface area contributed by atoms with Crippen LogP contribution >= 0.6 is 0 Å². The predicted octanol–water partition coefficient (Wildman–Crippen LogP) is 24.3. The number of hydrogen-bond acceptors (Lipinski definition) is 6. The quantitative estimate of drug-likeness (QED) is 0.0261. The van der Waals surface area contributed by atoms with Crippen LogP contribution in [0.3, 0.4) is 0 Å². The van der Waals surface area contributed by atoms with Gasteiger partial charge in [0.15, 0.2) is 6.10 Å². The molecule has 6 heteroatoms. The third-order valence-electron chi connectivity index (χ3n) is 16.1. The Hall–Kier alpha value is -2.37. The molecule has 0 saturated heterocycles. The van der Waals surface area contributed by atoms with Crippen molar-refractivity contribution in [2.24, 2.45) is 0 Å². The fraction of sp³-hybridized carbons (Fsp3) is 0.877. The maximum atomic E-state index is 12.9. The molecule has 0 radical (unpaired) electrons. The zero-order valence-electron chi connectivity index (χ0n) is 53.4. The summed E-state index contributed by atoms with van der Waals surface area (Å²) in [5.41, 5.74) is 0. The van der Waals surface area contributed by atoms with Crippen molar-refractivity contribution in [1.29, 1.82) is 0 Å². The number of allylic oxidation sites excluding steroid dienone is 6. The lowest BCUT2D eigenvalue weighted by Gasteiger charge is -2.18. The Labute approximate surface area is 493 Å². The van der Waals surface area contributed by atoms with Crippen LogP contribution in [0, 0.1) is 0 Å². The normalized spacial score (nSPS) is 12.2. The average Bonchev–Trinajstić information content (AvgIpc) is 3.45. The van der Waals surface area contributed by atoms with Gasteiger partial charge in [-0.05, 0) is 77.0 Å². The summed E-state index contributed by atoms with van der Waals surface area (Å²) < 4.78 is 17.0. The highest BCUT2D eigenvalue weighted by Crippen LogP contribution is 2.18. The number of carbonyl (C=O) groups is 3. The van der Waals surface area contributed by atoms with Gasteiger partial charge in [0, 0.05) is 19.3 Å². The van der Waals surface area contributed by atoms with Crippen LogP contribution in [-0.2, 0) is 28.6 Å². The SMILES string of the molecule is CCCCC/C=C\C/C=C\CCCCCCCCCCCC(=O)OC(COC(=O)CCCCCCCCCCCCCCCCC)COC(=O)CCCCCCCCCCCCCCCCC/C=C\CCCCCCCCCC. The van der Waals surface area contributed by atoms with Gasteiger partial charge in [-0.2, -0.15) is 0 Å². The number of esters is 3. The summed E-state index contributed by atoms with van der Waals surface area (Å²) in [6.07, 6.45) is 84.6. The van der Waals surface area contributed by atoms with Crippen molar-refractivity contribution in [3.8, 4) is 0 Å². The van der Waals surface area contributed by atoms with Crippen LogP contribution in [0.2, 0.25) is 0 Å². The van der Waals surface area contributed by atoms with E-state index in [0.717, 1.165) is 64.2 Å². The van der Waals surface area contributed by atoms with Crippen molar-refractivity contribution in [3.05, 3.63) is 36.5 Å². The van der Waals surface area contributed by atoms with Crippen LogP contribution in [0.4, 0.5) is 0 Å². The second kappa shape index (κ2) is 68.1. The number of carbonyl (C=O) groups excluding carboxylic acids is 3. The fourth-order valence-electron chi connectivity index (χ4n) is 10.8. The second-order valence-electron chi connectivity index (χ2n) is 24.1. The van der Waals surface area contributed by atoms with Gasteiger partial charge in [0.25, 0.3) is 0 Å². The number of ether oxygens (including phenoxy) is 3. The van der Waals surface area contributed by atoms with Crippen molar-refractivity contribution >= 4 is 17.9 Å². The Bertz CT molecular complexity index is 1320. The zero-order valence-corrected chi connectivity index (χ0v) is 53.4. The lowest BCUT2D eigenvalue weighted by molar-refractivity contribution is -0.167. The molecule has 0 aliphatic rings. The average molecular weight is 1110 g/mol. The highest BCUT2D eigenvalue weighted by Gasteiger charge is 2.19. The molecule has 1 atom stereocenters. The van der Waals surface area contributed by atoms with E-state index < -0.39 is 6.10 Å². The molecule has 0 heterocycles. The van der Waals surface area contributed by atoms with Crippen molar-refractivity contribution in [2.45, 2.75) is 399 Å². The van der Waals surface area contributed by atoms with Crippen LogP contribution in [0.5, 0.6) is 0 Å². The Morgan fingerprint density at radius 1 is 0.253 bits per heavy atom. The molecule has 0 amide bonds. The standard InChI is InChI=1S/C73H136O6/c1-4-7-10-13-16-19-22-25-28-30-32-33-34-35-36-37-38-39-41-42-45-48-51-54-57-60-63-66-72(75)78-69-70(68-77-71(74)65-62-59-56-53-50-47-44-27-24-21-18-15-12-9-6-3)79-73(76)67-64-61-58-55-52-49-46-43-40-31-29-26-23-20-17-14-11-8-5-2/h17,20,26,29-30,32,70H,4-16,18-19,21-25,27-28,31,33-69H2,1-3H3/b20-17-,29-26-,32-30-. The number of hydrogen-bond donors (Lipinski definition) is 0. The Kier molecular flexibility index (Phi) is 66.1. The molecule has 0 aromatic heterocycles. The number of rotatable bonds is 66. The summed E-state index contributed by atoms with van der Waals surface area (Å²) in [6, 6.07) is 0. The summed E-state index contributed by atoms with van der Waals surface area (Å²) in [5.74, 6) is -0.843. The molecule has 0 N–H and O–H groups in total. The fourth-order valence-corrected chi connectivity index (χ4v) is 10.8. The first-order valence-corrected chi connectivity index (χ1v) is 35.5. The topological polar surface area (TPSA) is 78.9 Å². The molecule has 0 spiro atoms. The molecular weight excluding hydrogens is 973 g/mol. The minimum absolute atomic E-state index is 0.0683. The molecule has 0 aromatic carbocycles. The molecule has 6 nitrogen and oxygen atoms in total. The molecule has 0 fully saturated rings. The van der Waals surface area contributed by atoms with Crippen LogP contribution in [-0.4, -0.2) is 37.2 Å². The van der Waals surface area contributed by atoms with E-state index in [-0.39, 0.29) is 31.1 Å². The molecule has 0 rings (SSSR count). The molecule has 0 bridgehead atoms. The first-order chi connectivity index (χ1) is 39.0. The van der Waals surface area contributed by atoms with Crippen LogP contribution in [0.15, 0.2) is 36.5 Å². The first kappa shape index (κ1) is 76.6. The minimum atomic E-state index is -0.772. The predicted molar refractivity (Wildman–Crippen MR) is 344 cm³/mol. The van der Waals surface area contributed by atoms with E-state index in [1.807, 2.05) is 0 Å². The van der Waals surface area contributed by atoms with Crippen molar-refractivity contribution in [1.82, 2.24) is 0 Å². The van der Waals surface area contributed by atoms with Gasteiger partial charge in [-0.1, -0.05) is 333 Å². The van der Waals surface area contributed by atoms with Crippen LogP contribution in [0.25, 0.3) is 0 Å². The van der Waals surface area contributed by atoms with Crippen molar-refractivity contribution in [2.75, 3.05) is 13.2 Å². The third-order valence-corrected chi connectivity index (χ3v) is 16.1. The summed E-state index contributed by atoms with van der Waals surface area (Å²) in [6.45, 7) is 6.69. The lowest BCUT2D eigenvalue weighted by Crippen LogP contribution is -2.30. The summed E-state index contributed by atoms with van der Waals surface area (Å²) in [4.78, 5) is 38.4. The molecule has 464 valence electrons. The van der Waals surface area contributed by atoms with E-state index >= 15 is 0 Å². The van der Waals surface area contributed by atoms with E-state index in [1.54, 1.807) is 0 Å². The smallest absolute Gasteiger partial charge is 0.306 e. The monoisotopic (exact) mass is 1110 g/mol. The molecule has 0 aromatic rings. The molecule has 0 saturated carbocycles. The van der Waals surface area contributed by atoms with E-state index in [4.69, 9.17) is 14.2 Å². The second-order valence-corrected chi connectivity index (χ2v) is 24.1. The van der Waals surface area contributed by atoms with Gasteiger partial charge in [-0.15, -0.1) is 0 Å². The van der Waals surface area contributed by atoms with Crippen LogP contribution in [0.1, 0.15) is 393 Å². The van der Waals surface area contributed by atoms with E-state index in [1.165, 1.54) is 289 Å². The summed E-state index contributed by atoms with van der Waals surface area (Å²) in [5, 5.41) is 0. The zero-order chi connectivity index (χ0) is 57.1. The summed E-state index contributed by atoms with van der Waals surface area (Å²) >= 11 is 0. The number of unbranched alkanes of at least 4 members (excludes halogenated alkanes) is 49. The first-order valence-electron chi connectivity index (χ1n) is 35.5. The highest BCUT2D eigenvalue weighted by molar-refractivity contribution is 5.71. The lowest BCUT2D eigenvalue weighted by atomic mass is 10.0. The maximum Gasteiger partial charge on any atom is 0.306 e. The van der Waals surface area contributed by atoms with Crippen molar-refractivity contribution in [3.63, 3.8) is 0 Å². The maximum absolute atomic E-state index is 12.9. The third kappa shape index (κ3) is 66.3. The van der Waals surface area contributed by atoms with Crippen LogP contribution < -0.4 is 0 Å². The van der Waals surface area contributed by atoms with Gasteiger partial charge in [0.1, 0.15) is 13.2 Å². The van der Waals surface area contributed by atoms with Gasteiger partial charge >= 0.3 is 17.9 Å². The Morgan fingerprint density at radius 3 is 0.734 bits per heavy atom. The van der Waals surface area contributed by atoms with E-state index in [9.17, 15) is 14.4 Å². The van der Waals surface area contributed by atoms with Gasteiger partial charge in [-0.3, -0.25) is 14.4 Å². The minimum Gasteiger partial charge on any atom is -0.462 e. The molecule has 0 aliphatic heterocycles. The van der Waals surface area contributed by atoms with Gasteiger partial charge < -0.3 is 14.2 Å². The summed E-state index contributed by atoms with van der Waals surface area (Å²) in [7, 11) is 0. The Balaban J connectivity index is 4.24. The van der Waals surface area contributed by atoms with E-state index in [0.29, 0.717) is 19.3 Å². The molecule has 1 unspecified atom stereocenters. The molecule has 79 heavy (non-hydrogen) atoms. The molecule has 0 aliphatic carbocycles. The van der Waals surface area contributed by atoms with E-state index in [2.05, 4.69) is 57.2 Å². The molecular formula is C73H136O6. The Morgan fingerprint density at radius 2 is 0.456 bits per heavy atom. The largest absolute Gasteiger partial charge is 0.462 e.